The molecule has 4 rings (SSSR count). The van der Waals surface area contributed by atoms with E-state index in [0.29, 0.717) is 30.0 Å². The normalized spacial score (nSPS) is 24.0. The first-order chi connectivity index (χ1) is 11.7. The number of amides is 1. The van der Waals surface area contributed by atoms with Crippen molar-refractivity contribution in [2.24, 2.45) is 5.92 Å². The van der Waals surface area contributed by atoms with Gasteiger partial charge in [0.25, 0.3) is 5.91 Å². The van der Waals surface area contributed by atoms with Crippen molar-refractivity contribution in [1.29, 1.82) is 0 Å². The molecule has 128 valence electrons. The van der Waals surface area contributed by atoms with Crippen LogP contribution in [0.4, 0.5) is 0 Å². The number of nitrogens with one attached hydrogen (secondary N) is 1. The fourth-order valence-corrected chi connectivity index (χ4v) is 3.40. The van der Waals surface area contributed by atoms with Crippen LogP contribution in [0.2, 0.25) is 0 Å². The van der Waals surface area contributed by atoms with E-state index >= 15 is 0 Å². The third kappa shape index (κ3) is 3.37. The summed E-state index contributed by atoms with van der Waals surface area (Å²) in [6.07, 6.45) is 8.70. The first kappa shape index (κ1) is 15.4. The highest BCUT2D eigenvalue weighted by molar-refractivity contribution is 5.93. The lowest BCUT2D eigenvalue weighted by molar-refractivity contribution is 0.0914. The van der Waals surface area contributed by atoms with Crippen LogP contribution < -0.4 is 5.32 Å². The molecule has 0 unspecified atom stereocenters. The molecule has 6 nitrogen and oxygen atoms in total. The molecular weight excluding hydrogens is 304 g/mol. The van der Waals surface area contributed by atoms with Gasteiger partial charge in [-0.25, -0.2) is 0 Å². The molecule has 6 heteroatoms. The van der Waals surface area contributed by atoms with Crippen LogP contribution in [0.25, 0.3) is 0 Å². The molecule has 2 heterocycles. The molecule has 1 amide bonds. The molecule has 0 atom stereocenters. The summed E-state index contributed by atoms with van der Waals surface area (Å²) in [7, 11) is 0. The highest BCUT2D eigenvalue weighted by atomic mass is 16.5. The van der Waals surface area contributed by atoms with Gasteiger partial charge in [-0.1, -0.05) is 12.1 Å². The summed E-state index contributed by atoms with van der Waals surface area (Å²) in [5.74, 6) is 2.59. The van der Waals surface area contributed by atoms with E-state index in [-0.39, 0.29) is 5.91 Å². The van der Waals surface area contributed by atoms with Gasteiger partial charge in [-0.2, -0.15) is 4.98 Å². The molecule has 24 heavy (non-hydrogen) atoms. The predicted octanol–water partition coefficient (Wildman–Crippen LogP) is 3.11. The Bertz CT molecular complexity index is 708. The van der Waals surface area contributed by atoms with Crippen LogP contribution in [0.3, 0.4) is 0 Å². The summed E-state index contributed by atoms with van der Waals surface area (Å²) in [6.45, 7) is 2.75. The van der Waals surface area contributed by atoms with Crippen LogP contribution in [-0.2, 0) is 6.54 Å². The first-order valence-electron chi connectivity index (χ1n) is 8.97. The van der Waals surface area contributed by atoms with Gasteiger partial charge >= 0.3 is 0 Å². The number of hydrogen-bond donors (Lipinski definition) is 1. The third-order valence-corrected chi connectivity index (χ3v) is 5.14. The Morgan fingerprint density at radius 3 is 2.83 bits per heavy atom. The molecule has 0 spiro atoms. The highest BCUT2D eigenvalue weighted by Gasteiger charge is 2.29. The van der Waals surface area contributed by atoms with Crippen LogP contribution in [0.15, 0.2) is 22.9 Å². The van der Waals surface area contributed by atoms with Gasteiger partial charge in [0.1, 0.15) is 5.69 Å². The fraction of sp³-hybridized carbons (Fsp3) is 0.611. The van der Waals surface area contributed by atoms with Crippen LogP contribution >= 0.6 is 0 Å². The lowest BCUT2D eigenvalue weighted by atomic mass is 9.87. The van der Waals surface area contributed by atoms with E-state index in [4.69, 9.17) is 4.52 Å². The van der Waals surface area contributed by atoms with Crippen molar-refractivity contribution in [3.05, 3.63) is 35.7 Å². The summed E-state index contributed by atoms with van der Waals surface area (Å²) < 4.78 is 7.19. The van der Waals surface area contributed by atoms with Crippen LogP contribution in [0, 0.1) is 5.92 Å². The lowest BCUT2D eigenvalue weighted by Crippen LogP contribution is -2.38. The van der Waals surface area contributed by atoms with Gasteiger partial charge in [0.2, 0.25) is 5.89 Å². The van der Waals surface area contributed by atoms with Crippen molar-refractivity contribution in [2.45, 2.75) is 64.0 Å². The maximum Gasteiger partial charge on any atom is 0.268 e. The number of aromatic nitrogens is 3. The molecule has 2 aliphatic rings. The van der Waals surface area contributed by atoms with Gasteiger partial charge in [-0.05, 0) is 56.6 Å². The Labute approximate surface area is 141 Å². The molecule has 2 fully saturated rings. The minimum absolute atomic E-state index is 0.00883. The smallest absolute Gasteiger partial charge is 0.268 e. The molecule has 1 N–H and O–H groups in total. The largest absolute Gasteiger partial charge is 0.348 e. The van der Waals surface area contributed by atoms with E-state index < -0.39 is 0 Å². The van der Waals surface area contributed by atoms with Crippen molar-refractivity contribution in [3.63, 3.8) is 0 Å². The zero-order chi connectivity index (χ0) is 16.5. The highest BCUT2D eigenvalue weighted by Crippen LogP contribution is 2.38. The molecular formula is C18H24N4O2. The van der Waals surface area contributed by atoms with Crippen molar-refractivity contribution < 1.29 is 9.32 Å². The Morgan fingerprint density at radius 1 is 1.29 bits per heavy atom. The lowest BCUT2D eigenvalue weighted by Gasteiger charge is -2.27. The zero-order valence-corrected chi connectivity index (χ0v) is 14.1. The van der Waals surface area contributed by atoms with E-state index in [0.717, 1.165) is 37.5 Å². The number of nitrogens with zero attached hydrogens (tertiary/aromatic N) is 3. The topological polar surface area (TPSA) is 73.0 Å². The second-order valence-electron chi connectivity index (χ2n) is 7.27. The van der Waals surface area contributed by atoms with E-state index in [1.165, 1.54) is 12.8 Å². The molecule has 2 aromatic heterocycles. The SMILES string of the molecule is CC1CCC(NC(=O)c2cccn2Cc2noc(C3CC3)n2)CC1. The molecule has 2 aromatic rings. The Hall–Kier alpha value is -2.11. The van der Waals surface area contributed by atoms with Crippen molar-refractivity contribution >= 4 is 5.91 Å². The molecule has 0 saturated heterocycles. The molecule has 0 aromatic carbocycles. The Kier molecular flexibility index (Phi) is 4.12. The number of carbonyl (C=O) groups is 1. The molecule has 0 radical (unpaired) electrons. The molecule has 2 saturated carbocycles. The molecule has 2 aliphatic carbocycles. The van der Waals surface area contributed by atoms with E-state index in [1.54, 1.807) is 0 Å². The van der Waals surface area contributed by atoms with Crippen molar-refractivity contribution in [2.75, 3.05) is 0 Å². The quantitative estimate of drug-likeness (QED) is 0.915. The van der Waals surface area contributed by atoms with Crippen LogP contribution in [0.1, 0.15) is 73.6 Å². The summed E-state index contributed by atoms with van der Waals surface area (Å²) in [5, 5.41) is 7.22. The average Bonchev–Trinajstić information content (AvgIpc) is 3.14. The third-order valence-electron chi connectivity index (χ3n) is 5.14. The minimum atomic E-state index is -0.00883. The van der Waals surface area contributed by atoms with Crippen LogP contribution in [-0.4, -0.2) is 26.7 Å². The maximum absolute atomic E-state index is 12.6. The summed E-state index contributed by atoms with van der Waals surface area (Å²) in [5.41, 5.74) is 0.659. The van der Waals surface area contributed by atoms with Gasteiger partial charge < -0.3 is 14.4 Å². The summed E-state index contributed by atoms with van der Waals surface area (Å²) in [6, 6.07) is 4.03. The summed E-state index contributed by atoms with van der Waals surface area (Å²) in [4.78, 5) is 17.0. The van der Waals surface area contributed by atoms with Gasteiger partial charge in [0.15, 0.2) is 5.82 Å². The zero-order valence-electron chi connectivity index (χ0n) is 14.1. The van der Waals surface area contributed by atoms with Crippen molar-refractivity contribution in [3.8, 4) is 0 Å². The Morgan fingerprint density at radius 2 is 2.08 bits per heavy atom. The number of hydrogen-bond acceptors (Lipinski definition) is 4. The van der Waals surface area contributed by atoms with Gasteiger partial charge in [0.05, 0.1) is 6.54 Å². The van der Waals surface area contributed by atoms with E-state index in [2.05, 4.69) is 22.4 Å². The monoisotopic (exact) mass is 328 g/mol. The van der Waals surface area contributed by atoms with Gasteiger partial charge in [-0.3, -0.25) is 4.79 Å². The fourth-order valence-electron chi connectivity index (χ4n) is 3.40. The molecule has 0 aliphatic heterocycles. The van der Waals surface area contributed by atoms with Crippen molar-refractivity contribution in [1.82, 2.24) is 20.0 Å². The maximum atomic E-state index is 12.6. The number of carbonyl (C=O) groups excluding carboxylic acids is 1. The van der Waals surface area contributed by atoms with Crippen LogP contribution in [0.5, 0.6) is 0 Å². The van der Waals surface area contributed by atoms with E-state index in [9.17, 15) is 4.79 Å². The second kappa shape index (κ2) is 6.42. The molecule has 0 bridgehead atoms. The van der Waals surface area contributed by atoms with Gasteiger partial charge in [0, 0.05) is 18.2 Å². The summed E-state index contributed by atoms with van der Waals surface area (Å²) >= 11 is 0. The van der Waals surface area contributed by atoms with E-state index in [1.807, 2.05) is 22.9 Å². The standard InChI is InChI=1S/C18H24N4O2/c1-12-4-8-14(9-5-12)19-17(23)15-3-2-10-22(15)11-16-20-18(24-21-16)13-6-7-13/h2-3,10,12-14H,4-9,11H2,1H3,(H,19,23). The minimum Gasteiger partial charge on any atom is -0.348 e. The average molecular weight is 328 g/mol. The number of rotatable bonds is 5. The Balaban J connectivity index is 1.40. The first-order valence-corrected chi connectivity index (χ1v) is 8.97. The van der Waals surface area contributed by atoms with Gasteiger partial charge in [-0.15, -0.1) is 0 Å². The second-order valence-corrected chi connectivity index (χ2v) is 7.27. The predicted molar refractivity (Wildman–Crippen MR) is 88.7 cm³/mol.